The fourth-order valence-corrected chi connectivity index (χ4v) is 3.10. The van der Waals surface area contributed by atoms with Crippen molar-refractivity contribution in [3.8, 4) is 0 Å². The van der Waals surface area contributed by atoms with Gasteiger partial charge in [0.25, 0.3) is 11.6 Å². The van der Waals surface area contributed by atoms with Gasteiger partial charge in [-0.3, -0.25) is 19.7 Å². The molecule has 0 aliphatic rings. The largest absolute Gasteiger partial charge is 0.455 e. The number of carbonyl (C=O) groups is 2. The number of nitrogens with one attached hydrogen (secondary N) is 2. The van der Waals surface area contributed by atoms with Gasteiger partial charge in [-0.1, -0.05) is 6.07 Å². The van der Waals surface area contributed by atoms with E-state index in [1.54, 1.807) is 6.92 Å². The minimum Gasteiger partial charge on any atom is -0.455 e. The van der Waals surface area contributed by atoms with Crippen molar-refractivity contribution in [2.24, 2.45) is 0 Å². The Balaban J connectivity index is 1.84. The number of amides is 1. The third-order valence-electron chi connectivity index (χ3n) is 3.58. The fourth-order valence-electron chi connectivity index (χ4n) is 2.13. The van der Waals surface area contributed by atoms with Crippen molar-refractivity contribution in [3.05, 3.63) is 64.0 Å². The van der Waals surface area contributed by atoms with Crippen LogP contribution in [0.15, 0.2) is 47.4 Å². The van der Waals surface area contributed by atoms with Gasteiger partial charge in [-0.2, -0.15) is 4.72 Å². The lowest BCUT2D eigenvalue weighted by Gasteiger charge is -2.08. The number of sulfonamides is 1. The van der Waals surface area contributed by atoms with Crippen LogP contribution in [-0.4, -0.2) is 38.4 Å². The number of nitrogens with zero attached hydrogens (tertiary/aromatic N) is 1. The summed E-state index contributed by atoms with van der Waals surface area (Å²) in [5.41, 5.74) is 0.364. The maximum absolute atomic E-state index is 12.8. The smallest absolute Gasteiger partial charge is 0.321 e. The zero-order valence-electron chi connectivity index (χ0n) is 15.0. The molecule has 29 heavy (non-hydrogen) atoms. The Morgan fingerprint density at radius 1 is 1.17 bits per heavy atom. The minimum absolute atomic E-state index is 0.139. The number of nitro groups is 1. The zero-order chi connectivity index (χ0) is 21.6. The highest BCUT2D eigenvalue weighted by Gasteiger charge is 2.17. The molecule has 12 heteroatoms. The molecule has 0 spiro atoms. The van der Waals surface area contributed by atoms with E-state index in [0.717, 1.165) is 30.3 Å². The highest BCUT2D eigenvalue weighted by atomic mass is 32.2. The number of hydrogen-bond donors (Lipinski definition) is 2. The molecule has 10 nitrogen and oxygen atoms in total. The van der Waals surface area contributed by atoms with Gasteiger partial charge in [-0.05, 0) is 37.3 Å². The molecule has 0 heterocycles. The molecule has 2 rings (SSSR count). The van der Waals surface area contributed by atoms with Gasteiger partial charge in [0.05, 0.1) is 9.82 Å². The highest BCUT2D eigenvalue weighted by molar-refractivity contribution is 7.89. The van der Waals surface area contributed by atoms with Gasteiger partial charge in [-0.25, -0.2) is 12.8 Å². The van der Waals surface area contributed by atoms with E-state index in [0.29, 0.717) is 5.56 Å². The summed E-state index contributed by atoms with van der Waals surface area (Å²) in [6.45, 7) is 0.0697. The molecule has 154 valence electrons. The number of aryl methyl sites for hydroxylation is 1. The van der Waals surface area contributed by atoms with Crippen molar-refractivity contribution in [1.29, 1.82) is 0 Å². The first-order valence-electron chi connectivity index (χ1n) is 8.04. The zero-order valence-corrected chi connectivity index (χ0v) is 15.9. The first kappa shape index (κ1) is 21.9. The van der Waals surface area contributed by atoms with Gasteiger partial charge in [0.1, 0.15) is 12.4 Å². The van der Waals surface area contributed by atoms with Gasteiger partial charge < -0.3 is 10.1 Å². The SMILES string of the molecule is Cc1ccc(NC(=O)COC(=O)CNS(=O)(=O)c2ccc(F)cc2)cc1[N+](=O)[O-]. The second-order valence-electron chi connectivity index (χ2n) is 5.75. The van der Waals surface area contributed by atoms with Gasteiger partial charge >= 0.3 is 5.97 Å². The van der Waals surface area contributed by atoms with Crippen molar-refractivity contribution in [3.63, 3.8) is 0 Å². The number of rotatable bonds is 8. The molecular formula is C17H16FN3O7S. The van der Waals surface area contributed by atoms with Gasteiger partial charge in [0, 0.05) is 17.3 Å². The van der Waals surface area contributed by atoms with E-state index < -0.39 is 45.8 Å². The van der Waals surface area contributed by atoms with E-state index >= 15 is 0 Å². The lowest BCUT2D eigenvalue weighted by Crippen LogP contribution is -2.32. The van der Waals surface area contributed by atoms with Crippen LogP contribution >= 0.6 is 0 Å². The molecule has 0 aliphatic heterocycles. The van der Waals surface area contributed by atoms with Crippen LogP contribution in [0.25, 0.3) is 0 Å². The summed E-state index contributed by atoms with van der Waals surface area (Å²) >= 11 is 0. The van der Waals surface area contributed by atoms with Crippen LogP contribution in [0, 0.1) is 22.9 Å². The molecule has 0 radical (unpaired) electrons. The first-order chi connectivity index (χ1) is 13.6. The molecule has 2 N–H and O–H groups in total. The van der Waals surface area contributed by atoms with Gasteiger partial charge in [0.15, 0.2) is 6.61 Å². The Morgan fingerprint density at radius 3 is 2.45 bits per heavy atom. The molecule has 0 aromatic heterocycles. The Bertz CT molecular complexity index is 1040. The fraction of sp³-hybridized carbons (Fsp3) is 0.176. The van der Waals surface area contributed by atoms with Crippen molar-refractivity contribution >= 4 is 33.3 Å². The summed E-state index contributed by atoms with van der Waals surface area (Å²) in [4.78, 5) is 33.5. The predicted molar refractivity (Wildman–Crippen MR) is 99.0 cm³/mol. The lowest BCUT2D eigenvalue weighted by atomic mass is 10.2. The summed E-state index contributed by atoms with van der Waals surface area (Å²) in [6, 6.07) is 8.00. The second-order valence-corrected chi connectivity index (χ2v) is 7.51. The monoisotopic (exact) mass is 425 g/mol. The molecular weight excluding hydrogens is 409 g/mol. The minimum atomic E-state index is -4.06. The van der Waals surface area contributed by atoms with Gasteiger partial charge in [0.2, 0.25) is 10.0 Å². The Hall–Kier alpha value is -3.38. The molecule has 0 aliphatic carbocycles. The topological polar surface area (TPSA) is 145 Å². The van der Waals surface area contributed by atoms with Crippen molar-refractivity contribution in [2.45, 2.75) is 11.8 Å². The van der Waals surface area contributed by atoms with Crippen LogP contribution in [0.4, 0.5) is 15.8 Å². The second kappa shape index (κ2) is 9.21. The maximum atomic E-state index is 12.8. The summed E-state index contributed by atoms with van der Waals surface area (Å²) in [6.07, 6.45) is 0. The number of hydrogen-bond acceptors (Lipinski definition) is 7. The molecule has 0 saturated heterocycles. The summed E-state index contributed by atoms with van der Waals surface area (Å²) in [5, 5.41) is 13.2. The molecule has 0 saturated carbocycles. The third kappa shape index (κ3) is 6.33. The Morgan fingerprint density at radius 2 is 1.83 bits per heavy atom. The molecule has 2 aromatic carbocycles. The van der Waals surface area contributed by atoms with Crippen molar-refractivity contribution in [2.75, 3.05) is 18.5 Å². The van der Waals surface area contributed by atoms with Crippen LogP contribution in [-0.2, 0) is 24.3 Å². The molecule has 0 atom stereocenters. The van der Waals surface area contributed by atoms with Crippen LogP contribution in [0.2, 0.25) is 0 Å². The average molecular weight is 425 g/mol. The van der Waals surface area contributed by atoms with Crippen LogP contribution in [0.1, 0.15) is 5.56 Å². The molecule has 1 amide bonds. The number of ether oxygens (including phenoxy) is 1. The quantitative estimate of drug-likeness (QED) is 0.370. The standard InChI is InChI=1S/C17H16FN3O7S/c1-11-2-5-13(8-15(11)21(24)25)20-16(22)10-28-17(23)9-19-29(26,27)14-6-3-12(18)4-7-14/h2-8,19H,9-10H2,1H3,(H,20,22). The number of nitro benzene ring substituents is 1. The number of halogens is 1. The first-order valence-corrected chi connectivity index (χ1v) is 9.52. The molecule has 0 fully saturated rings. The number of anilines is 1. The maximum Gasteiger partial charge on any atom is 0.321 e. The molecule has 0 unspecified atom stereocenters. The molecule has 2 aromatic rings. The summed E-state index contributed by atoms with van der Waals surface area (Å²) < 4.78 is 43.4. The Labute approximate surface area is 164 Å². The number of esters is 1. The number of carbonyl (C=O) groups excluding carboxylic acids is 2. The average Bonchev–Trinajstić information content (AvgIpc) is 2.66. The van der Waals surface area contributed by atoms with E-state index in [9.17, 15) is 32.5 Å². The van der Waals surface area contributed by atoms with E-state index in [2.05, 4.69) is 10.1 Å². The van der Waals surface area contributed by atoms with Crippen LogP contribution < -0.4 is 10.0 Å². The van der Waals surface area contributed by atoms with Crippen molar-refractivity contribution in [1.82, 2.24) is 4.72 Å². The van der Waals surface area contributed by atoms with Gasteiger partial charge in [-0.15, -0.1) is 0 Å². The van der Waals surface area contributed by atoms with E-state index in [-0.39, 0.29) is 16.3 Å². The van der Waals surface area contributed by atoms with E-state index in [1.165, 1.54) is 12.1 Å². The van der Waals surface area contributed by atoms with Crippen LogP contribution in [0.5, 0.6) is 0 Å². The Kier molecular flexibility index (Phi) is 6.96. The third-order valence-corrected chi connectivity index (χ3v) is 5.00. The predicted octanol–water partition coefficient (Wildman–Crippen LogP) is 1.50. The highest BCUT2D eigenvalue weighted by Crippen LogP contribution is 2.22. The number of benzene rings is 2. The van der Waals surface area contributed by atoms with Crippen LogP contribution in [0.3, 0.4) is 0 Å². The summed E-state index contributed by atoms with van der Waals surface area (Å²) in [7, 11) is -4.06. The van der Waals surface area contributed by atoms with E-state index in [4.69, 9.17) is 0 Å². The molecule has 0 bridgehead atoms. The van der Waals surface area contributed by atoms with Crippen molar-refractivity contribution < 1.29 is 32.1 Å². The van der Waals surface area contributed by atoms with E-state index in [1.807, 2.05) is 4.72 Å². The normalized spacial score (nSPS) is 11.0. The summed E-state index contributed by atoms with van der Waals surface area (Å²) in [5.74, 6) is -2.41. The lowest BCUT2D eigenvalue weighted by molar-refractivity contribution is -0.385.